The fraction of sp³-hybridized carbons (Fsp3) is 0.692. The van der Waals surface area contributed by atoms with Crippen LogP contribution in [0.4, 0.5) is 9.52 Å². The van der Waals surface area contributed by atoms with Crippen LogP contribution in [0.15, 0.2) is 0 Å². The number of nitrogens with two attached hydrogens (primary N) is 1. The topological polar surface area (TPSA) is 59.2 Å². The zero-order chi connectivity index (χ0) is 13.4. The molecule has 1 saturated heterocycles. The minimum absolute atomic E-state index is 0.103. The first-order valence-corrected chi connectivity index (χ1v) is 7.59. The SMILES string of the molecule is Nc1nc2c(s1)CC(CC(=O)N1CCC(F)C1)CC2. The summed E-state index contributed by atoms with van der Waals surface area (Å²) in [7, 11) is 0. The van der Waals surface area contributed by atoms with Crippen LogP contribution in [0, 0.1) is 5.92 Å². The van der Waals surface area contributed by atoms with Crippen molar-refractivity contribution in [1.29, 1.82) is 0 Å². The Morgan fingerprint density at radius 2 is 2.37 bits per heavy atom. The molecule has 4 nitrogen and oxygen atoms in total. The van der Waals surface area contributed by atoms with E-state index in [4.69, 9.17) is 5.73 Å². The van der Waals surface area contributed by atoms with Gasteiger partial charge in [0.25, 0.3) is 0 Å². The third kappa shape index (κ3) is 2.73. The van der Waals surface area contributed by atoms with Crippen LogP contribution in [0.3, 0.4) is 0 Å². The van der Waals surface area contributed by atoms with Gasteiger partial charge in [-0.25, -0.2) is 9.37 Å². The van der Waals surface area contributed by atoms with Crippen molar-refractivity contribution in [3.8, 4) is 0 Å². The van der Waals surface area contributed by atoms with Gasteiger partial charge in [-0.2, -0.15) is 0 Å². The summed E-state index contributed by atoms with van der Waals surface area (Å²) >= 11 is 1.54. The highest BCUT2D eigenvalue weighted by molar-refractivity contribution is 7.15. The molecule has 1 aliphatic carbocycles. The number of nitrogens with zero attached hydrogens (tertiary/aromatic N) is 2. The third-order valence-corrected chi connectivity index (χ3v) is 4.95. The molecule has 3 rings (SSSR count). The number of aromatic nitrogens is 1. The number of amides is 1. The van der Waals surface area contributed by atoms with Gasteiger partial charge in [-0.3, -0.25) is 4.79 Å². The van der Waals surface area contributed by atoms with Crippen molar-refractivity contribution in [2.24, 2.45) is 5.92 Å². The van der Waals surface area contributed by atoms with E-state index in [1.807, 2.05) is 0 Å². The molecular weight excluding hydrogens is 265 g/mol. The number of aryl methyl sites for hydroxylation is 1. The van der Waals surface area contributed by atoms with Crippen molar-refractivity contribution in [2.45, 2.75) is 38.3 Å². The third-order valence-electron chi connectivity index (χ3n) is 4.00. The first-order valence-electron chi connectivity index (χ1n) is 6.77. The molecule has 2 unspecified atom stereocenters. The van der Waals surface area contributed by atoms with Crippen molar-refractivity contribution < 1.29 is 9.18 Å². The Balaban J connectivity index is 1.58. The van der Waals surface area contributed by atoms with E-state index in [1.54, 1.807) is 4.90 Å². The lowest BCUT2D eigenvalue weighted by molar-refractivity contribution is -0.131. The van der Waals surface area contributed by atoms with Crippen molar-refractivity contribution in [2.75, 3.05) is 18.8 Å². The van der Waals surface area contributed by atoms with Gasteiger partial charge in [-0.1, -0.05) is 0 Å². The molecule has 0 radical (unpaired) electrons. The molecule has 19 heavy (non-hydrogen) atoms. The van der Waals surface area contributed by atoms with Crippen LogP contribution in [0.2, 0.25) is 0 Å². The molecular formula is C13H18FN3OS. The zero-order valence-electron chi connectivity index (χ0n) is 10.8. The number of likely N-dealkylation sites (tertiary alicyclic amines) is 1. The standard InChI is InChI=1S/C13H18FN3OS/c14-9-3-4-17(7-9)12(18)6-8-1-2-10-11(5-8)19-13(15)16-10/h8-9H,1-7H2,(H2,15,16). The quantitative estimate of drug-likeness (QED) is 0.900. The van der Waals surface area contributed by atoms with Crippen LogP contribution >= 0.6 is 11.3 Å². The summed E-state index contributed by atoms with van der Waals surface area (Å²) in [6, 6.07) is 0. The van der Waals surface area contributed by atoms with E-state index in [0.29, 0.717) is 30.4 Å². The second-order valence-electron chi connectivity index (χ2n) is 5.46. The van der Waals surface area contributed by atoms with E-state index in [9.17, 15) is 9.18 Å². The van der Waals surface area contributed by atoms with E-state index < -0.39 is 6.17 Å². The van der Waals surface area contributed by atoms with E-state index in [2.05, 4.69) is 4.98 Å². The lowest BCUT2D eigenvalue weighted by Gasteiger charge is -2.23. The molecule has 1 amide bonds. The van der Waals surface area contributed by atoms with Gasteiger partial charge >= 0.3 is 0 Å². The molecule has 6 heteroatoms. The van der Waals surface area contributed by atoms with Crippen molar-refractivity contribution >= 4 is 22.4 Å². The Hall–Kier alpha value is -1.17. The number of hydrogen-bond acceptors (Lipinski definition) is 4. The van der Waals surface area contributed by atoms with Crippen LogP contribution in [0.25, 0.3) is 0 Å². The summed E-state index contributed by atoms with van der Waals surface area (Å²) in [4.78, 5) is 19.3. The smallest absolute Gasteiger partial charge is 0.222 e. The highest BCUT2D eigenvalue weighted by Gasteiger charge is 2.29. The summed E-state index contributed by atoms with van der Waals surface area (Å²) in [6.07, 6.45) is 2.98. The summed E-state index contributed by atoms with van der Waals surface area (Å²) < 4.78 is 13.1. The highest BCUT2D eigenvalue weighted by Crippen LogP contribution is 2.33. The molecule has 1 aromatic rings. The number of nitrogen functional groups attached to an aromatic ring is 1. The second kappa shape index (κ2) is 5.07. The summed E-state index contributed by atoms with van der Waals surface area (Å²) in [5.74, 6) is 0.463. The van der Waals surface area contributed by atoms with Gasteiger partial charge in [0.15, 0.2) is 5.13 Å². The average molecular weight is 283 g/mol. The monoisotopic (exact) mass is 283 g/mol. The van der Waals surface area contributed by atoms with Crippen LogP contribution in [-0.4, -0.2) is 35.1 Å². The Labute approximate surface area is 115 Å². The number of rotatable bonds is 2. The average Bonchev–Trinajstić information content (AvgIpc) is 2.93. The van der Waals surface area contributed by atoms with Gasteiger partial charge in [-0.05, 0) is 31.6 Å². The minimum atomic E-state index is -0.830. The molecule has 2 atom stereocenters. The summed E-state index contributed by atoms with van der Waals surface area (Å²) in [5, 5.41) is 0.622. The number of halogens is 1. The van der Waals surface area contributed by atoms with E-state index in [-0.39, 0.29) is 12.5 Å². The van der Waals surface area contributed by atoms with Crippen LogP contribution < -0.4 is 5.73 Å². The number of carbonyl (C=O) groups excluding carboxylic acids is 1. The molecule has 0 spiro atoms. The number of thiazole rings is 1. The van der Waals surface area contributed by atoms with Crippen LogP contribution in [0.1, 0.15) is 29.8 Å². The van der Waals surface area contributed by atoms with Crippen molar-refractivity contribution in [3.05, 3.63) is 10.6 Å². The molecule has 1 aliphatic heterocycles. The molecule has 2 heterocycles. The van der Waals surface area contributed by atoms with Gasteiger partial charge in [0.05, 0.1) is 12.2 Å². The number of anilines is 1. The second-order valence-corrected chi connectivity index (χ2v) is 6.58. The molecule has 1 aromatic heterocycles. The van der Waals surface area contributed by atoms with E-state index in [0.717, 1.165) is 25.0 Å². The number of fused-ring (bicyclic) bond motifs is 1. The fourth-order valence-electron chi connectivity index (χ4n) is 2.96. The first-order chi connectivity index (χ1) is 9.11. The maximum absolute atomic E-state index is 13.1. The zero-order valence-corrected chi connectivity index (χ0v) is 11.6. The predicted octanol–water partition coefficient (Wildman–Crippen LogP) is 1.79. The number of hydrogen-bond donors (Lipinski definition) is 1. The Morgan fingerprint density at radius 1 is 1.53 bits per heavy atom. The van der Waals surface area contributed by atoms with Gasteiger partial charge in [0.2, 0.25) is 5.91 Å². The Bertz CT molecular complexity index is 490. The van der Waals surface area contributed by atoms with Crippen molar-refractivity contribution in [1.82, 2.24) is 9.88 Å². The lowest BCUT2D eigenvalue weighted by atomic mass is 9.88. The molecule has 0 aromatic carbocycles. The Morgan fingerprint density at radius 3 is 3.11 bits per heavy atom. The maximum atomic E-state index is 13.1. The summed E-state index contributed by atoms with van der Waals surface area (Å²) in [6.45, 7) is 0.857. The predicted molar refractivity (Wildman–Crippen MR) is 72.8 cm³/mol. The highest BCUT2D eigenvalue weighted by atomic mass is 32.1. The number of carbonyl (C=O) groups is 1. The van der Waals surface area contributed by atoms with Gasteiger partial charge in [0.1, 0.15) is 6.17 Å². The molecule has 2 N–H and O–H groups in total. The lowest BCUT2D eigenvalue weighted by Crippen LogP contribution is -2.31. The maximum Gasteiger partial charge on any atom is 0.222 e. The molecule has 2 aliphatic rings. The Kier molecular flexibility index (Phi) is 3.43. The van der Waals surface area contributed by atoms with Crippen LogP contribution in [0.5, 0.6) is 0 Å². The molecule has 104 valence electrons. The molecule has 0 bridgehead atoms. The summed E-state index contributed by atoms with van der Waals surface area (Å²) in [5.41, 5.74) is 6.82. The number of alkyl halides is 1. The van der Waals surface area contributed by atoms with Gasteiger partial charge in [-0.15, -0.1) is 11.3 Å². The van der Waals surface area contributed by atoms with Gasteiger partial charge in [0, 0.05) is 17.8 Å². The minimum Gasteiger partial charge on any atom is -0.375 e. The first kappa shape index (κ1) is 12.8. The molecule has 1 fully saturated rings. The molecule has 0 saturated carbocycles. The largest absolute Gasteiger partial charge is 0.375 e. The van der Waals surface area contributed by atoms with E-state index >= 15 is 0 Å². The van der Waals surface area contributed by atoms with Gasteiger partial charge < -0.3 is 10.6 Å². The van der Waals surface area contributed by atoms with Crippen LogP contribution in [-0.2, 0) is 17.6 Å². The van der Waals surface area contributed by atoms with E-state index in [1.165, 1.54) is 16.2 Å². The fourth-order valence-corrected chi connectivity index (χ4v) is 3.95. The van der Waals surface area contributed by atoms with Crippen molar-refractivity contribution in [3.63, 3.8) is 0 Å². The normalized spacial score (nSPS) is 26.5.